The fourth-order valence-electron chi connectivity index (χ4n) is 3.57. The third kappa shape index (κ3) is 3.76. The molecule has 7 nitrogen and oxygen atoms in total. The van der Waals surface area contributed by atoms with E-state index in [0.717, 1.165) is 44.1 Å². The first kappa shape index (κ1) is 19.0. The van der Waals surface area contributed by atoms with Crippen LogP contribution in [0.25, 0.3) is 17.0 Å². The third-order valence-electron chi connectivity index (χ3n) is 5.03. The van der Waals surface area contributed by atoms with Crippen LogP contribution in [-0.2, 0) is 0 Å². The first-order chi connectivity index (χ1) is 14.1. The quantitative estimate of drug-likeness (QED) is 0.596. The number of halogens is 2. The Balaban J connectivity index is 1.39. The minimum absolute atomic E-state index is 0.554. The zero-order valence-electron chi connectivity index (χ0n) is 15.8. The monoisotopic (exact) mass is 447 g/mol. The van der Waals surface area contributed by atoms with E-state index >= 15 is 0 Å². The summed E-state index contributed by atoms with van der Waals surface area (Å²) in [6.45, 7) is 6.82. The molecule has 29 heavy (non-hydrogen) atoms. The third-order valence-corrected chi connectivity index (χ3v) is 6.62. The zero-order chi connectivity index (χ0) is 20.0. The number of aliphatic imine (C=N–C) groups is 1. The van der Waals surface area contributed by atoms with Crippen LogP contribution in [0.2, 0.25) is 10.0 Å². The van der Waals surface area contributed by atoms with Crippen LogP contribution in [0, 0.1) is 0 Å². The van der Waals surface area contributed by atoms with Gasteiger partial charge in [0, 0.05) is 47.0 Å². The summed E-state index contributed by atoms with van der Waals surface area (Å²) in [5.74, 6) is 1.52. The zero-order valence-corrected chi connectivity index (χ0v) is 18.1. The molecule has 1 unspecified atom stereocenters. The van der Waals surface area contributed by atoms with Gasteiger partial charge in [-0.1, -0.05) is 41.9 Å². The van der Waals surface area contributed by atoms with Crippen molar-refractivity contribution in [3.63, 3.8) is 0 Å². The van der Waals surface area contributed by atoms with Gasteiger partial charge in [-0.25, -0.2) is 0 Å². The minimum Gasteiger partial charge on any atom is -0.352 e. The highest BCUT2D eigenvalue weighted by Crippen LogP contribution is 2.27. The molecule has 150 valence electrons. The van der Waals surface area contributed by atoms with Crippen molar-refractivity contribution in [2.24, 2.45) is 4.99 Å². The molecule has 10 heteroatoms. The first-order valence-electron chi connectivity index (χ1n) is 9.47. The minimum atomic E-state index is 0.554. The lowest BCUT2D eigenvalue weighted by atomic mass is 10.2. The molecule has 0 bridgehead atoms. The molecule has 1 atom stereocenters. The Morgan fingerprint density at radius 1 is 0.966 bits per heavy atom. The van der Waals surface area contributed by atoms with E-state index < -0.39 is 0 Å². The van der Waals surface area contributed by atoms with Crippen LogP contribution in [0.15, 0.2) is 35.3 Å². The number of hydrogen-bond acceptors (Lipinski definition) is 7. The molecule has 0 saturated carbocycles. The van der Waals surface area contributed by atoms with Gasteiger partial charge in [0.1, 0.15) is 5.82 Å². The van der Waals surface area contributed by atoms with Crippen LogP contribution >= 0.6 is 35.0 Å². The number of piperazine rings is 1. The molecule has 4 heterocycles. The maximum atomic E-state index is 6.16. The molecule has 1 fully saturated rings. The average molecular weight is 448 g/mol. The molecule has 2 aliphatic rings. The number of fused-ring (bicyclic) bond motifs is 1. The van der Waals surface area contributed by atoms with E-state index in [1.54, 1.807) is 10.6 Å². The molecule has 3 aromatic rings. The summed E-state index contributed by atoms with van der Waals surface area (Å²) in [6.07, 6.45) is 0. The molecule has 0 radical (unpaired) electrons. The summed E-state index contributed by atoms with van der Waals surface area (Å²) in [5.41, 5.74) is 1.47. The second kappa shape index (κ2) is 7.66. The van der Waals surface area contributed by atoms with Gasteiger partial charge < -0.3 is 9.80 Å². The topological polar surface area (TPSA) is 61.9 Å². The lowest BCUT2D eigenvalue weighted by molar-refractivity contribution is 0.390. The van der Waals surface area contributed by atoms with Gasteiger partial charge in [0.25, 0.3) is 0 Å². The Morgan fingerprint density at radius 3 is 2.38 bits per heavy atom. The van der Waals surface area contributed by atoms with Crippen LogP contribution in [0.5, 0.6) is 0 Å². The molecule has 0 N–H and O–H groups in total. The second-order valence-corrected chi connectivity index (χ2v) is 9.45. The summed E-state index contributed by atoms with van der Waals surface area (Å²) < 4.78 is 1.75. The van der Waals surface area contributed by atoms with Crippen molar-refractivity contribution in [3.05, 3.63) is 40.4 Å². The van der Waals surface area contributed by atoms with Crippen molar-refractivity contribution in [3.8, 4) is 11.4 Å². The average Bonchev–Trinajstić information content (AvgIpc) is 3.33. The van der Waals surface area contributed by atoms with Gasteiger partial charge >= 0.3 is 0 Å². The summed E-state index contributed by atoms with van der Waals surface area (Å²) in [6, 6.07) is 9.27. The maximum absolute atomic E-state index is 6.16. The smallest absolute Gasteiger partial charge is 0.185 e. The van der Waals surface area contributed by atoms with Crippen molar-refractivity contribution in [2.75, 3.05) is 37.6 Å². The number of anilines is 1. The lowest BCUT2D eigenvalue weighted by Gasteiger charge is -2.36. The van der Waals surface area contributed by atoms with E-state index in [-0.39, 0.29) is 0 Å². The van der Waals surface area contributed by atoms with Gasteiger partial charge in [-0.3, -0.25) is 4.99 Å². The second-order valence-electron chi connectivity index (χ2n) is 7.17. The molecule has 0 amide bonds. The summed E-state index contributed by atoms with van der Waals surface area (Å²) in [7, 11) is 0. The summed E-state index contributed by atoms with van der Waals surface area (Å²) >= 11 is 14.2. The number of amidine groups is 1. The number of aromatic nitrogens is 4. The molecule has 0 aliphatic carbocycles. The van der Waals surface area contributed by atoms with Crippen molar-refractivity contribution < 1.29 is 0 Å². The lowest BCUT2D eigenvalue weighted by Crippen LogP contribution is -2.48. The predicted molar refractivity (Wildman–Crippen MR) is 119 cm³/mol. The Morgan fingerprint density at radius 2 is 1.69 bits per heavy atom. The molecule has 5 rings (SSSR count). The van der Waals surface area contributed by atoms with Crippen LogP contribution in [0.3, 0.4) is 0 Å². The van der Waals surface area contributed by atoms with Gasteiger partial charge in [-0.2, -0.15) is 4.52 Å². The molecule has 1 saturated heterocycles. The van der Waals surface area contributed by atoms with E-state index in [0.29, 0.717) is 26.8 Å². The molecule has 1 aromatic carbocycles. The van der Waals surface area contributed by atoms with Crippen molar-refractivity contribution in [1.29, 1.82) is 0 Å². The Bertz CT molecular complexity index is 1070. The van der Waals surface area contributed by atoms with E-state index in [9.17, 15) is 0 Å². The molecule has 2 aromatic heterocycles. The van der Waals surface area contributed by atoms with Gasteiger partial charge in [-0.15, -0.1) is 15.3 Å². The van der Waals surface area contributed by atoms with Crippen LogP contribution in [-0.4, -0.2) is 67.9 Å². The fraction of sp³-hybridized carbons (Fsp3) is 0.368. The van der Waals surface area contributed by atoms with Crippen LogP contribution in [0.4, 0.5) is 5.82 Å². The first-order valence-corrected chi connectivity index (χ1v) is 11.1. The number of nitrogens with zero attached hydrogens (tertiary/aromatic N) is 7. The normalized spacial score (nSPS) is 19.8. The van der Waals surface area contributed by atoms with Gasteiger partial charge in [0.2, 0.25) is 0 Å². The molecular formula is C19H19Cl2N7S. The van der Waals surface area contributed by atoms with Crippen molar-refractivity contribution in [1.82, 2.24) is 24.7 Å². The van der Waals surface area contributed by atoms with Gasteiger partial charge in [0.05, 0.1) is 6.54 Å². The van der Waals surface area contributed by atoms with Crippen molar-refractivity contribution >= 4 is 51.6 Å². The van der Waals surface area contributed by atoms with E-state index in [4.69, 9.17) is 28.3 Å². The Hall–Kier alpha value is -2.03. The van der Waals surface area contributed by atoms with Crippen LogP contribution < -0.4 is 4.90 Å². The fourth-order valence-corrected chi connectivity index (χ4v) is 5.09. The predicted octanol–water partition coefficient (Wildman–Crippen LogP) is 3.71. The van der Waals surface area contributed by atoms with E-state index in [1.807, 2.05) is 36.0 Å². The summed E-state index contributed by atoms with van der Waals surface area (Å²) in [4.78, 5) is 9.32. The van der Waals surface area contributed by atoms with Crippen LogP contribution in [0.1, 0.15) is 6.92 Å². The Kier molecular flexibility index (Phi) is 5.01. The highest BCUT2D eigenvalue weighted by molar-refractivity contribution is 8.14. The molecule has 0 spiro atoms. The van der Waals surface area contributed by atoms with Crippen molar-refractivity contribution in [2.45, 2.75) is 12.2 Å². The number of rotatable bonds is 2. The number of thioether (sulfide) groups is 1. The highest BCUT2D eigenvalue weighted by Gasteiger charge is 2.25. The largest absolute Gasteiger partial charge is 0.352 e. The standard InChI is InChI=1S/C19H19Cl2N7S/c1-12-11-22-19(29-12)27-6-4-26(5-7-27)17-3-2-16-23-24-18(28(16)25-17)13-8-14(20)10-15(21)9-13/h2-3,8-10,12H,4-7,11H2,1H3. The Labute approximate surface area is 182 Å². The highest BCUT2D eigenvalue weighted by atomic mass is 35.5. The maximum Gasteiger partial charge on any atom is 0.185 e. The number of hydrogen-bond donors (Lipinski definition) is 0. The number of benzene rings is 1. The molecule has 2 aliphatic heterocycles. The molecular weight excluding hydrogens is 429 g/mol. The van der Waals surface area contributed by atoms with Gasteiger partial charge in [-0.05, 0) is 30.3 Å². The van der Waals surface area contributed by atoms with Gasteiger partial charge in [0.15, 0.2) is 16.6 Å². The SMILES string of the molecule is CC1CN=C(N2CCN(c3ccc4nnc(-c5cc(Cl)cc(Cl)c5)n4n3)CC2)S1. The van der Waals surface area contributed by atoms with E-state index in [2.05, 4.69) is 31.9 Å². The van der Waals surface area contributed by atoms with E-state index in [1.165, 1.54) is 5.17 Å². The summed E-state index contributed by atoms with van der Waals surface area (Å²) in [5, 5.41) is 16.2.